The number of rotatable bonds is 3. The van der Waals surface area contributed by atoms with Gasteiger partial charge in [0.1, 0.15) is 0 Å². The molecule has 0 bridgehead atoms. The Bertz CT molecular complexity index is 276. The molecule has 5 nitrogen and oxygen atoms in total. The van der Waals surface area contributed by atoms with Crippen molar-refractivity contribution in [2.45, 2.75) is 38.3 Å². The molecular weight excluding hydrogens is 202 g/mol. The van der Waals surface area contributed by atoms with Gasteiger partial charge < -0.3 is 5.73 Å². The first kappa shape index (κ1) is 11.9. The second-order valence-electron chi connectivity index (χ2n) is 3.74. The maximum atomic E-state index is 11.6. The SMILES string of the molecule is CNS(=O)(=O)N1CCCCC1C(C)N. The minimum atomic E-state index is -3.31. The average molecular weight is 221 g/mol. The highest BCUT2D eigenvalue weighted by Crippen LogP contribution is 2.21. The van der Waals surface area contributed by atoms with Crippen molar-refractivity contribution in [2.75, 3.05) is 13.6 Å². The van der Waals surface area contributed by atoms with Crippen LogP contribution in [0.4, 0.5) is 0 Å². The molecule has 1 rings (SSSR count). The van der Waals surface area contributed by atoms with E-state index in [2.05, 4.69) is 4.72 Å². The van der Waals surface area contributed by atoms with Gasteiger partial charge in [0.25, 0.3) is 10.2 Å². The van der Waals surface area contributed by atoms with Gasteiger partial charge in [0.05, 0.1) is 0 Å². The first-order valence-corrected chi connectivity index (χ1v) is 6.39. The quantitative estimate of drug-likeness (QED) is 0.684. The van der Waals surface area contributed by atoms with E-state index in [1.807, 2.05) is 6.92 Å². The van der Waals surface area contributed by atoms with E-state index in [1.165, 1.54) is 11.4 Å². The summed E-state index contributed by atoms with van der Waals surface area (Å²) >= 11 is 0. The van der Waals surface area contributed by atoms with Crippen LogP contribution in [0.25, 0.3) is 0 Å². The van der Waals surface area contributed by atoms with Crippen molar-refractivity contribution < 1.29 is 8.42 Å². The molecule has 0 aromatic heterocycles. The van der Waals surface area contributed by atoms with Crippen LogP contribution in [-0.4, -0.2) is 38.4 Å². The average Bonchev–Trinajstić information content (AvgIpc) is 2.18. The number of hydrogen-bond acceptors (Lipinski definition) is 3. The smallest absolute Gasteiger partial charge is 0.279 e. The third-order valence-corrected chi connectivity index (χ3v) is 4.26. The lowest BCUT2D eigenvalue weighted by molar-refractivity contribution is 0.225. The van der Waals surface area contributed by atoms with E-state index in [4.69, 9.17) is 5.73 Å². The third-order valence-electron chi connectivity index (χ3n) is 2.67. The summed E-state index contributed by atoms with van der Waals surface area (Å²) in [4.78, 5) is 0. The van der Waals surface area contributed by atoms with Crippen molar-refractivity contribution in [1.29, 1.82) is 0 Å². The predicted octanol–water partition coefficient (Wildman–Crippen LogP) is -0.348. The van der Waals surface area contributed by atoms with E-state index in [1.54, 1.807) is 0 Å². The van der Waals surface area contributed by atoms with E-state index < -0.39 is 10.2 Å². The summed E-state index contributed by atoms with van der Waals surface area (Å²) in [6, 6.07) is -0.167. The Hall–Kier alpha value is -0.170. The Morgan fingerprint density at radius 1 is 1.50 bits per heavy atom. The van der Waals surface area contributed by atoms with E-state index in [0.29, 0.717) is 6.54 Å². The lowest BCUT2D eigenvalue weighted by atomic mass is 10.00. The number of nitrogens with one attached hydrogen (secondary N) is 1. The van der Waals surface area contributed by atoms with Crippen LogP contribution in [0, 0.1) is 0 Å². The fourth-order valence-electron chi connectivity index (χ4n) is 1.87. The van der Waals surface area contributed by atoms with Gasteiger partial charge in [-0.25, -0.2) is 4.72 Å². The minimum absolute atomic E-state index is 0.0544. The summed E-state index contributed by atoms with van der Waals surface area (Å²) in [6.45, 7) is 2.43. The summed E-state index contributed by atoms with van der Waals surface area (Å²) in [5.41, 5.74) is 5.78. The molecule has 0 spiro atoms. The molecule has 14 heavy (non-hydrogen) atoms. The van der Waals surface area contributed by atoms with Crippen molar-refractivity contribution in [1.82, 2.24) is 9.03 Å². The summed E-state index contributed by atoms with van der Waals surface area (Å²) in [7, 11) is -1.88. The largest absolute Gasteiger partial charge is 0.326 e. The van der Waals surface area contributed by atoms with Gasteiger partial charge in [-0.05, 0) is 19.8 Å². The Morgan fingerprint density at radius 2 is 2.14 bits per heavy atom. The zero-order valence-corrected chi connectivity index (χ0v) is 9.55. The molecule has 1 saturated heterocycles. The molecule has 2 atom stereocenters. The highest BCUT2D eigenvalue weighted by molar-refractivity contribution is 7.87. The summed E-state index contributed by atoms with van der Waals surface area (Å²) < 4.78 is 27.1. The molecule has 3 N–H and O–H groups in total. The number of piperidine rings is 1. The normalized spacial score (nSPS) is 27.5. The van der Waals surface area contributed by atoms with Crippen LogP contribution in [0.1, 0.15) is 26.2 Å². The standard InChI is InChI=1S/C8H19N3O2S/c1-7(9)8-5-3-4-6-11(8)14(12,13)10-2/h7-8,10H,3-6,9H2,1-2H3. The van der Waals surface area contributed by atoms with E-state index in [9.17, 15) is 8.42 Å². The molecule has 6 heteroatoms. The zero-order chi connectivity index (χ0) is 10.8. The fourth-order valence-corrected chi connectivity index (χ4v) is 3.13. The van der Waals surface area contributed by atoms with Crippen LogP contribution in [0.15, 0.2) is 0 Å². The van der Waals surface area contributed by atoms with Gasteiger partial charge in [0.2, 0.25) is 0 Å². The molecular formula is C8H19N3O2S. The molecule has 1 aliphatic rings. The molecule has 0 aromatic carbocycles. The highest BCUT2D eigenvalue weighted by Gasteiger charge is 2.33. The van der Waals surface area contributed by atoms with Gasteiger partial charge in [-0.3, -0.25) is 0 Å². The second-order valence-corrected chi connectivity index (χ2v) is 5.57. The predicted molar refractivity (Wildman–Crippen MR) is 56.0 cm³/mol. The van der Waals surface area contributed by atoms with Gasteiger partial charge in [-0.15, -0.1) is 0 Å². The molecule has 1 fully saturated rings. The van der Waals surface area contributed by atoms with Gasteiger partial charge in [-0.2, -0.15) is 12.7 Å². The first-order chi connectivity index (χ1) is 6.49. The van der Waals surface area contributed by atoms with Crippen molar-refractivity contribution in [3.8, 4) is 0 Å². The van der Waals surface area contributed by atoms with Gasteiger partial charge in [-0.1, -0.05) is 6.42 Å². The number of nitrogens with two attached hydrogens (primary N) is 1. The van der Waals surface area contributed by atoms with Crippen molar-refractivity contribution >= 4 is 10.2 Å². The lowest BCUT2D eigenvalue weighted by Gasteiger charge is -2.36. The van der Waals surface area contributed by atoms with Gasteiger partial charge >= 0.3 is 0 Å². The lowest BCUT2D eigenvalue weighted by Crippen LogP contribution is -2.54. The van der Waals surface area contributed by atoms with Crippen molar-refractivity contribution in [3.05, 3.63) is 0 Å². The number of hydrogen-bond donors (Lipinski definition) is 2. The molecule has 1 aliphatic heterocycles. The molecule has 0 aromatic rings. The molecule has 0 amide bonds. The fraction of sp³-hybridized carbons (Fsp3) is 1.00. The summed E-state index contributed by atoms with van der Waals surface area (Å²) in [5.74, 6) is 0. The van der Waals surface area contributed by atoms with Crippen molar-refractivity contribution in [2.24, 2.45) is 5.73 Å². The van der Waals surface area contributed by atoms with E-state index in [-0.39, 0.29) is 12.1 Å². The van der Waals surface area contributed by atoms with Gasteiger partial charge in [0, 0.05) is 25.7 Å². The van der Waals surface area contributed by atoms with Crippen LogP contribution < -0.4 is 10.5 Å². The monoisotopic (exact) mass is 221 g/mol. The Balaban J connectivity index is 2.83. The van der Waals surface area contributed by atoms with Crippen LogP contribution in [0.3, 0.4) is 0 Å². The maximum absolute atomic E-state index is 11.6. The minimum Gasteiger partial charge on any atom is -0.326 e. The molecule has 84 valence electrons. The van der Waals surface area contributed by atoms with E-state index >= 15 is 0 Å². The molecule has 0 saturated carbocycles. The van der Waals surface area contributed by atoms with Gasteiger partial charge in [0.15, 0.2) is 0 Å². The topological polar surface area (TPSA) is 75.4 Å². The van der Waals surface area contributed by atoms with Crippen LogP contribution in [0.5, 0.6) is 0 Å². The molecule has 1 heterocycles. The number of nitrogens with zero attached hydrogens (tertiary/aromatic N) is 1. The Kier molecular flexibility index (Phi) is 3.88. The Labute approximate surface area is 85.8 Å². The second kappa shape index (κ2) is 4.57. The Morgan fingerprint density at radius 3 is 2.64 bits per heavy atom. The molecule has 0 radical (unpaired) electrons. The van der Waals surface area contributed by atoms with Crippen LogP contribution in [0.2, 0.25) is 0 Å². The van der Waals surface area contributed by atoms with Crippen molar-refractivity contribution in [3.63, 3.8) is 0 Å². The maximum Gasteiger partial charge on any atom is 0.279 e. The third kappa shape index (κ3) is 2.44. The van der Waals surface area contributed by atoms with E-state index in [0.717, 1.165) is 19.3 Å². The van der Waals surface area contributed by atoms with Crippen LogP contribution >= 0.6 is 0 Å². The summed E-state index contributed by atoms with van der Waals surface area (Å²) in [5, 5.41) is 0. The zero-order valence-electron chi connectivity index (χ0n) is 8.73. The molecule has 2 unspecified atom stereocenters. The first-order valence-electron chi connectivity index (χ1n) is 4.95. The van der Waals surface area contributed by atoms with Crippen LogP contribution in [-0.2, 0) is 10.2 Å². The molecule has 0 aliphatic carbocycles. The summed E-state index contributed by atoms with van der Waals surface area (Å²) in [6.07, 6.45) is 2.84. The highest BCUT2D eigenvalue weighted by atomic mass is 32.2.